The van der Waals surface area contributed by atoms with Gasteiger partial charge in [0.15, 0.2) is 0 Å². The number of anilines is 1. The molecule has 1 aromatic rings. The van der Waals surface area contributed by atoms with E-state index in [0.717, 1.165) is 12.8 Å². The number of nitrogens with two attached hydrogens (primary N) is 1. The van der Waals surface area contributed by atoms with Gasteiger partial charge in [-0.25, -0.2) is 0 Å². The summed E-state index contributed by atoms with van der Waals surface area (Å²) >= 11 is 6.09. The van der Waals surface area contributed by atoms with E-state index in [1.54, 1.807) is 12.1 Å². The zero-order chi connectivity index (χ0) is 17.3. The zero-order valence-corrected chi connectivity index (χ0v) is 15.2. The molecule has 0 radical (unpaired) electrons. The summed E-state index contributed by atoms with van der Waals surface area (Å²) in [5.41, 5.74) is 6.79. The Labute approximate surface area is 148 Å². The van der Waals surface area contributed by atoms with Crippen LogP contribution in [0.25, 0.3) is 0 Å². The van der Waals surface area contributed by atoms with E-state index in [4.69, 9.17) is 22.1 Å². The minimum absolute atomic E-state index is 0.0992. The molecule has 2 saturated heterocycles. The molecular weight excluding hydrogens is 326 g/mol. The number of piperidine rings is 1. The number of benzene rings is 1. The number of halogens is 1. The first-order valence-electron chi connectivity index (χ1n) is 8.70. The normalized spacial score (nSPS) is 26.4. The Bertz CT molecular complexity index is 633. The number of likely N-dealkylation sites (N-methyl/N-ethyl adjacent to an activating group) is 1. The Balaban J connectivity index is 1.74. The highest BCUT2D eigenvalue weighted by Gasteiger charge is 2.46. The van der Waals surface area contributed by atoms with Crippen LogP contribution in [0.5, 0.6) is 5.75 Å². The van der Waals surface area contributed by atoms with Crippen LogP contribution in [0.3, 0.4) is 0 Å². The van der Waals surface area contributed by atoms with Crippen molar-refractivity contribution in [1.29, 1.82) is 0 Å². The van der Waals surface area contributed by atoms with Gasteiger partial charge in [0.2, 0.25) is 0 Å². The number of nitrogens with one attached hydrogen (secondary N) is 1. The molecule has 5 nitrogen and oxygen atoms in total. The van der Waals surface area contributed by atoms with E-state index in [-0.39, 0.29) is 11.4 Å². The summed E-state index contributed by atoms with van der Waals surface area (Å²) in [6.45, 7) is 3.00. The van der Waals surface area contributed by atoms with E-state index in [1.165, 1.54) is 19.3 Å². The van der Waals surface area contributed by atoms with Gasteiger partial charge in [-0.15, -0.1) is 0 Å². The second kappa shape index (κ2) is 6.81. The van der Waals surface area contributed by atoms with Gasteiger partial charge in [0.05, 0.1) is 22.9 Å². The highest BCUT2D eigenvalue weighted by atomic mass is 35.5. The Morgan fingerprint density at radius 3 is 3.00 bits per heavy atom. The number of carbonyl (C=O) groups excluding carboxylic acids is 1. The monoisotopic (exact) mass is 351 g/mol. The molecule has 2 aliphatic heterocycles. The van der Waals surface area contributed by atoms with E-state index in [2.05, 4.69) is 17.3 Å². The van der Waals surface area contributed by atoms with Crippen molar-refractivity contribution in [2.75, 3.05) is 25.9 Å². The van der Waals surface area contributed by atoms with Crippen molar-refractivity contribution in [3.63, 3.8) is 0 Å². The van der Waals surface area contributed by atoms with Gasteiger partial charge >= 0.3 is 0 Å². The van der Waals surface area contributed by atoms with Crippen LogP contribution in [0.2, 0.25) is 5.02 Å². The summed E-state index contributed by atoms with van der Waals surface area (Å²) in [6.07, 6.45) is 6.03. The van der Waals surface area contributed by atoms with Crippen LogP contribution < -0.4 is 15.8 Å². The van der Waals surface area contributed by atoms with Crippen molar-refractivity contribution in [3.8, 4) is 5.75 Å². The predicted molar refractivity (Wildman–Crippen MR) is 96.7 cm³/mol. The van der Waals surface area contributed by atoms with Crippen molar-refractivity contribution < 1.29 is 9.53 Å². The van der Waals surface area contributed by atoms with Gasteiger partial charge in [0, 0.05) is 24.2 Å². The maximum Gasteiger partial charge on any atom is 0.255 e. The van der Waals surface area contributed by atoms with Crippen molar-refractivity contribution >= 4 is 23.2 Å². The van der Waals surface area contributed by atoms with E-state index >= 15 is 0 Å². The van der Waals surface area contributed by atoms with E-state index < -0.39 is 0 Å². The molecule has 24 heavy (non-hydrogen) atoms. The molecule has 1 amide bonds. The molecule has 0 aromatic heterocycles. The molecule has 6 heteroatoms. The van der Waals surface area contributed by atoms with Gasteiger partial charge in [0.1, 0.15) is 5.75 Å². The molecule has 3 rings (SSSR count). The molecule has 0 saturated carbocycles. The second-order valence-corrected chi connectivity index (χ2v) is 7.31. The molecule has 2 bridgehead atoms. The number of rotatable bonds is 5. The molecule has 2 heterocycles. The number of fused-ring (bicyclic) bond motifs is 2. The molecule has 3 N–H and O–H groups in total. The van der Waals surface area contributed by atoms with Gasteiger partial charge in [-0.1, -0.05) is 11.6 Å². The first kappa shape index (κ1) is 17.4. The number of amides is 1. The summed E-state index contributed by atoms with van der Waals surface area (Å²) in [5.74, 6) is 0.327. The largest absolute Gasteiger partial charge is 0.493 e. The molecule has 2 aliphatic rings. The first-order chi connectivity index (χ1) is 11.5. The van der Waals surface area contributed by atoms with E-state index in [0.29, 0.717) is 41.2 Å². The van der Waals surface area contributed by atoms with Gasteiger partial charge in [-0.3, -0.25) is 9.69 Å². The zero-order valence-electron chi connectivity index (χ0n) is 14.4. The lowest BCUT2D eigenvalue weighted by atomic mass is 9.88. The lowest BCUT2D eigenvalue weighted by molar-refractivity contribution is 0.0720. The van der Waals surface area contributed by atoms with Crippen LogP contribution in [0, 0.1) is 0 Å². The standard InChI is InChI=1S/C18H26ClN3O2/c1-3-24-16-10-15(20)14(19)9-13(16)17(23)21-11-18-7-4-5-12(6-8-18)22(18)2/h9-10,12H,3-8,11,20H2,1-2H3,(H,21,23). The smallest absolute Gasteiger partial charge is 0.255 e. The molecule has 1 aromatic carbocycles. The summed E-state index contributed by atoms with van der Waals surface area (Å²) in [7, 11) is 2.19. The van der Waals surface area contributed by atoms with Gasteiger partial charge in [0.25, 0.3) is 5.91 Å². The fourth-order valence-corrected chi connectivity index (χ4v) is 4.33. The lowest BCUT2D eigenvalue weighted by Crippen LogP contribution is -2.54. The van der Waals surface area contributed by atoms with Crippen LogP contribution in [-0.2, 0) is 0 Å². The summed E-state index contributed by atoms with van der Waals surface area (Å²) in [6, 6.07) is 3.88. The average Bonchev–Trinajstić information content (AvgIpc) is 2.74. The molecule has 0 spiro atoms. The second-order valence-electron chi connectivity index (χ2n) is 6.91. The molecule has 132 valence electrons. The Hall–Kier alpha value is -1.46. The third-order valence-corrected chi connectivity index (χ3v) is 5.97. The average molecular weight is 352 g/mol. The van der Waals surface area contributed by atoms with E-state index in [1.807, 2.05) is 6.92 Å². The number of nitrogens with zero attached hydrogens (tertiary/aromatic N) is 1. The van der Waals surface area contributed by atoms with Crippen LogP contribution >= 0.6 is 11.6 Å². The maximum atomic E-state index is 12.7. The SMILES string of the molecule is CCOc1cc(N)c(Cl)cc1C(=O)NCC12CCCC(CC1)N2C. The van der Waals surface area contributed by atoms with Gasteiger partial charge in [-0.05, 0) is 52.1 Å². The molecule has 2 atom stereocenters. The topological polar surface area (TPSA) is 67.6 Å². The fourth-order valence-electron chi connectivity index (χ4n) is 4.16. The third kappa shape index (κ3) is 3.07. The lowest BCUT2D eigenvalue weighted by Gasteiger charge is -2.42. The third-order valence-electron chi connectivity index (χ3n) is 5.64. The number of hydrogen-bond acceptors (Lipinski definition) is 4. The van der Waals surface area contributed by atoms with Crippen LogP contribution in [0.1, 0.15) is 49.4 Å². The molecule has 2 unspecified atom stereocenters. The Morgan fingerprint density at radius 2 is 2.25 bits per heavy atom. The number of ether oxygens (including phenoxy) is 1. The van der Waals surface area contributed by atoms with Crippen molar-refractivity contribution in [2.45, 2.75) is 50.6 Å². The van der Waals surface area contributed by atoms with Crippen LogP contribution in [0.4, 0.5) is 5.69 Å². The van der Waals surface area contributed by atoms with Crippen molar-refractivity contribution in [3.05, 3.63) is 22.7 Å². The minimum atomic E-state index is -0.155. The highest BCUT2D eigenvalue weighted by Crippen LogP contribution is 2.42. The number of hydrogen-bond donors (Lipinski definition) is 2. The predicted octanol–water partition coefficient (Wildman–Crippen LogP) is 3.07. The quantitative estimate of drug-likeness (QED) is 0.800. The van der Waals surface area contributed by atoms with Gasteiger partial charge in [-0.2, -0.15) is 0 Å². The summed E-state index contributed by atoms with van der Waals surface area (Å²) in [4.78, 5) is 15.2. The number of carbonyl (C=O) groups is 1. The summed E-state index contributed by atoms with van der Waals surface area (Å²) < 4.78 is 5.56. The van der Waals surface area contributed by atoms with Gasteiger partial charge < -0.3 is 15.8 Å². The first-order valence-corrected chi connectivity index (χ1v) is 9.07. The van der Waals surface area contributed by atoms with Crippen LogP contribution in [0.15, 0.2) is 12.1 Å². The van der Waals surface area contributed by atoms with Crippen molar-refractivity contribution in [1.82, 2.24) is 10.2 Å². The molecule has 0 aliphatic carbocycles. The Morgan fingerprint density at radius 1 is 1.46 bits per heavy atom. The van der Waals surface area contributed by atoms with Crippen LogP contribution in [-0.4, -0.2) is 42.6 Å². The molecular formula is C18H26ClN3O2. The Kier molecular flexibility index (Phi) is 4.92. The summed E-state index contributed by atoms with van der Waals surface area (Å²) in [5, 5.41) is 3.48. The van der Waals surface area contributed by atoms with E-state index in [9.17, 15) is 4.79 Å². The maximum absolute atomic E-state index is 12.7. The number of nitrogen functional groups attached to an aromatic ring is 1. The fraction of sp³-hybridized carbons (Fsp3) is 0.611. The highest BCUT2D eigenvalue weighted by molar-refractivity contribution is 6.33. The minimum Gasteiger partial charge on any atom is -0.493 e. The molecule has 2 fully saturated rings. The van der Waals surface area contributed by atoms with Crippen molar-refractivity contribution in [2.24, 2.45) is 0 Å².